The van der Waals surface area contributed by atoms with E-state index in [1.165, 1.54) is 16.8 Å². The lowest BCUT2D eigenvalue weighted by Gasteiger charge is -2.08. The lowest BCUT2D eigenvalue weighted by atomic mass is 10.2. The molecule has 0 spiro atoms. The number of amides is 1. The highest BCUT2D eigenvalue weighted by molar-refractivity contribution is 9.10. The van der Waals surface area contributed by atoms with E-state index in [4.69, 9.17) is 0 Å². The molecule has 7 heteroatoms. The smallest absolute Gasteiger partial charge is 0.287 e. The zero-order valence-electron chi connectivity index (χ0n) is 10.9. The van der Waals surface area contributed by atoms with Gasteiger partial charge in [0.15, 0.2) is 0 Å². The Hall–Kier alpha value is -2.15. The van der Waals surface area contributed by atoms with Crippen LogP contribution in [0.4, 0.5) is 11.4 Å². The molecule has 0 bridgehead atoms. The Kier molecular flexibility index (Phi) is 3.89. The Morgan fingerprint density at radius 2 is 2.10 bits per heavy atom. The zero-order valence-corrected chi connectivity index (χ0v) is 12.5. The molecular formula is C13H12BrN3O3. The minimum absolute atomic E-state index is 0.110. The lowest BCUT2D eigenvalue weighted by molar-refractivity contribution is -0.384. The molecule has 1 aromatic carbocycles. The third-order valence-corrected chi connectivity index (χ3v) is 3.50. The molecule has 0 atom stereocenters. The van der Waals surface area contributed by atoms with Gasteiger partial charge in [0.25, 0.3) is 11.6 Å². The van der Waals surface area contributed by atoms with Crippen molar-refractivity contribution >= 4 is 33.2 Å². The fourth-order valence-corrected chi connectivity index (χ4v) is 2.14. The van der Waals surface area contributed by atoms with Gasteiger partial charge in [0.1, 0.15) is 5.69 Å². The number of nitro groups is 1. The van der Waals surface area contributed by atoms with Crippen molar-refractivity contribution in [3.05, 3.63) is 56.3 Å². The van der Waals surface area contributed by atoms with E-state index >= 15 is 0 Å². The highest BCUT2D eigenvalue weighted by Crippen LogP contribution is 2.24. The van der Waals surface area contributed by atoms with Crippen molar-refractivity contribution in [2.24, 2.45) is 7.05 Å². The maximum Gasteiger partial charge on any atom is 0.287 e. The van der Waals surface area contributed by atoms with E-state index in [1.54, 1.807) is 7.05 Å². The van der Waals surface area contributed by atoms with Gasteiger partial charge < -0.3 is 9.88 Å². The fourth-order valence-electron chi connectivity index (χ4n) is 1.79. The Labute approximate surface area is 123 Å². The molecule has 0 unspecified atom stereocenters. The molecule has 104 valence electrons. The first kappa shape index (κ1) is 14.3. The van der Waals surface area contributed by atoms with Crippen LogP contribution >= 0.6 is 15.9 Å². The summed E-state index contributed by atoms with van der Waals surface area (Å²) in [4.78, 5) is 22.3. The van der Waals surface area contributed by atoms with Crippen LogP contribution in [0.2, 0.25) is 0 Å². The molecule has 1 aromatic heterocycles. The second kappa shape index (κ2) is 5.46. The number of rotatable bonds is 3. The Balaban J connectivity index is 2.28. The average molecular weight is 338 g/mol. The molecule has 0 aliphatic carbocycles. The predicted molar refractivity (Wildman–Crippen MR) is 78.9 cm³/mol. The number of anilines is 1. The topological polar surface area (TPSA) is 77.2 Å². The van der Waals surface area contributed by atoms with E-state index in [9.17, 15) is 14.9 Å². The van der Waals surface area contributed by atoms with E-state index < -0.39 is 10.8 Å². The van der Waals surface area contributed by atoms with Gasteiger partial charge in [-0.15, -0.1) is 0 Å². The summed E-state index contributed by atoms with van der Waals surface area (Å²) in [5.41, 5.74) is 1.74. The number of aryl methyl sites for hydroxylation is 2. The van der Waals surface area contributed by atoms with Gasteiger partial charge in [-0.25, -0.2) is 0 Å². The number of carbonyl (C=O) groups is 1. The van der Waals surface area contributed by atoms with Crippen molar-refractivity contribution in [1.29, 1.82) is 0 Å². The van der Waals surface area contributed by atoms with Crippen molar-refractivity contribution in [2.75, 3.05) is 5.32 Å². The van der Waals surface area contributed by atoms with Gasteiger partial charge in [-0.3, -0.25) is 14.9 Å². The molecule has 20 heavy (non-hydrogen) atoms. The van der Waals surface area contributed by atoms with Gasteiger partial charge in [0, 0.05) is 17.6 Å². The van der Waals surface area contributed by atoms with Gasteiger partial charge in [-0.2, -0.15) is 0 Å². The zero-order chi connectivity index (χ0) is 14.9. The van der Waals surface area contributed by atoms with E-state index in [2.05, 4.69) is 21.2 Å². The summed E-state index contributed by atoms with van der Waals surface area (Å²) in [6.45, 7) is 1.91. The van der Waals surface area contributed by atoms with Gasteiger partial charge in [-0.1, -0.05) is 6.07 Å². The molecule has 1 N–H and O–H groups in total. The van der Waals surface area contributed by atoms with Crippen molar-refractivity contribution < 1.29 is 9.72 Å². The van der Waals surface area contributed by atoms with Crippen LogP contribution < -0.4 is 5.32 Å². The lowest BCUT2D eigenvalue weighted by Crippen LogP contribution is -2.15. The fraction of sp³-hybridized carbons (Fsp3) is 0.154. The van der Waals surface area contributed by atoms with Crippen LogP contribution in [0.1, 0.15) is 16.1 Å². The Morgan fingerprint density at radius 1 is 1.40 bits per heavy atom. The maximum absolute atomic E-state index is 12.2. The van der Waals surface area contributed by atoms with Crippen LogP contribution in [-0.2, 0) is 7.05 Å². The second-order valence-electron chi connectivity index (χ2n) is 4.39. The van der Waals surface area contributed by atoms with Crippen LogP contribution in [0.25, 0.3) is 0 Å². The molecule has 6 nitrogen and oxygen atoms in total. The predicted octanol–water partition coefficient (Wildman–Crippen LogP) is 3.26. The van der Waals surface area contributed by atoms with E-state index in [1.807, 2.05) is 25.1 Å². The van der Waals surface area contributed by atoms with Crippen molar-refractivity contribution in [3.63, 3.8) is 0 Å². The molecule has 0 saturated carbocycles. The number of benzene rings is 1. The number of halogens is 1. The molecule has 1 heterocycles. The minimum atomic E-state index is -0.528. The van der Waals surface area contributed by atoms with Crippen molar-refractivity contribution in [2.45, 2.75) is 6.92 Å². The Morgan fingerprint density at radius 3 is 2.70 bits per heavy atom. The second-order valence-corrected chi connectivity index (χ2v) is 5.24. The highest BCUT2D eigenvalue weighted by atomic mass is 79.9. The van der Waals surface area contributed by atoms with Crippen LogP contribution in [0.5, 0.6) is 0 Å². The molecule has 0 aliphatic rings. The first-order chi connectivity index (χ1) is 9.38. The molecule has 0 radical (unpaired) electrons. The van der Waals surface area contributed by atoms with E-state index in [0.29, 0.717) is 5.69 Å². The third kappa shape index (κ3) is 2.88. The van der Waals surface area contributed by atoms with Crippen molar-refractivity contribution in [1.82, 2.24) is 4.57 Å². The number of aromatic nitrogens is 1. The van der Waals surface area contributed by atoms with Gasteiger partial charge in [-0.05, 0) is 40.5 Å². The number of nitrogens with zero attached hydrogens (tertiary/aromatic N) is 2. The molecule has 2 aromatic rings. The largest absolute Gasteiger partial charge is 0.340 e. The first-order valence-corrected chi connectivity index (χ1v) is 6.56. The summed E-state index contributed by atoms with van der Waals surface area (Å²) in [6.07, 6.45) is 1.31. The molecule has 0 aliphatic heterocycles. The highest BCUT2D eigenvalue weighted by Gasteiger charge is 2.18. The summed E-state index contributed by atoms with van der Waals surface area (Å²) in [7, 11) is 1.59. The molecule has 0 fully saturated rings. The molecule has 1 amide bonds. The number of nitrogens with one attached hydrogen (secondary N) is 1. The van der Waals surface area contributed by atoms with Crippen LogP contribution in [0, 0.1) is 17.0 Å². The Bertz CT molecular complexity index is 694. The minimum Gasteiger partial charge on any atom is -0.340 e. The average Bonchev–Trinajstić information content (AvgIpc) is 2.76. The SMILES string of the molecule is Cc1ccc(Br)c(NC(=O)c2cc([N+](=O)[O-])cn2C)c1. The van der Waals surface area contributed by atoms with Gasteiger partial charge >= 0.3 is 0 Å². The first-order valence-electron chi connectivity index (χ1n) is 5.76. The van der Waals surface area contributed by atoms with Gasteiger partial charge in [0.2, 0.25) is 0 Å². The summed E-state index contributed by atoms with van der Waals surface area (Å²) in [5.74, 6) is -0.396. The van der Waals surface area contributed by atoms with Crippen molar-refractivity contribution in [3.8, 4) is 0 Å². The van der Waals surface area contributed by atoms with E-state index in [-0.39, 0.29) is 11.4 Å². The summed E-state index contributed by atoms with van der Waals surface area (Å²) < 4.78 is 2.18. The summed E-state index contributed by atoms with van der Waals surface area (Å²) in [5, 5.41) is 13.4. The normalized spacial score (nSPS) is 10.3. The monoisotopic (exact) mass is 337 g/mol. The standard InChI is InChI=1S/C13H12BrN3O3/c1-8-3-4-10(14)11(5-8)15-13(18)12-6-9(17(19)20)7-16(12)2/h3-7H,1-2H3,(H,15,18). The quantitative estimate of drug-likeness (QED) is 0.689. The molecular weight excluding hydrogens is 326 g/mol. The van der Waals surface area contributed by atoms with Crippen LogP contribution in [0.3, 0.4) is 0 Å². The van der Waals surface area contributed by atoms with Crippen LogP contribution in [0.15, 0.2) is 34.9 Å². The summed E-state index contributed by atoms with van der Waals surface area (Å²) in [6, 6.07) is 6.81. The maximum atomic E-state index is 12.2. The van der Waals surface area contributed by atoms with Crippen LogP contribution in [-0.4, -0.2) is 15.4 Å². The van der Waals surface area contributed by atoms with E-state index in [0.717, 1.165) is 10.0 Å². The molecule has 2 rings (SSSR count). The summed E-state index contributed by atoms with van der Waals surface area (Å²) >= 11 is 3.35. The number of carbonyl (C=O) groups excluding carboxylic acids is 1. The number of hydrogen-bond acceptors (Lipinski definition) is 3. The molecule has 0 saturated heterocycles. The number of hydrogen-bond donors (Lipinski definition) is 1. The third-order valence-electron chi connectivity index (χ3n) is 2.80. The van der Waals surface area contributed by atoms with Gasteiger partial charge in [0.05, 0.1) is 16.8 Å².